The number of thiophene rings is 1. The normalized spacial score (nSPS) is 11.4. The number of hydrogen-bond acceptors (Lipinski definition) is 11. The first-order valence-corrected chi connectivity index (χ1v) is 17.1. The highest BCUT2D eigenvalue weighted by Crippen LogP contribution is 2.35. The molecule has 4 aromatic rings. The number of carbonyl (C=O) groups is 4. The van der Waals surface area contributed by atoms with E-state index in [0.717, 1.165) is 22.5 Å². The number of nitrogens with zero attached hydrogens (tertiary/aromatic N) is 3. The average Bonchev–Trinajstić information content (AvgIpc) is 3.62. The summed E-state index contributed by atoms with van der Waals surface area (Å²) in [6.45, 7) is 7.65. The van der Waals surface area contributed by atoms with Crippen molar-refractivity contribution in [3.63, 3.8) is 0 Å². The van der Waals surface area contributed by atoms with E-state index in [1.54, 1.807) is 46.9 Å². The first kappa shape index (κ1) is 36.2. The number of methoxy groups -OCH3 is 1. The molecule has 12 nitrogen and oxygen atoms in total. The molecule has 2 aromatic heterocycles. The van der Waals surface area contributed by atoms with Gasteiger partial charge in [0.15, 0.2) is 11.0 Å². The Morgan fingerprint density at radius 3 is 2.29 bits per heavy atom. The minimum absolute atomic E-state index is 0.120. The highest BCUT2D eigenvalue weighted by Gasteiger charge is 2.29. The van der Waals surface area contributed by atoms with Crippen molar-refractivity contribution in [3.05, 3.63) is 87.6 Å². The van der Waals surface area contributed by atoms with Crippen molar-refractivity contribution in [2.45, 2.75) is 64.0 Å². The summed E-state index contributed by atoms with van der Waals surface area (Å²) in [6.07, 6.45) is 0.864. The highest BCUT2D eigenvalue weighted by atomic mass is 32.2. The van der Waals surface area contributed by atoms with Gasteiger partial charge in [0.1, 0.15) is 15.6 Å². The summed E-state index contributed by atoms with van der Waals surface area (Å²) in [7, 11) is 1.59. The molecule has 0 unspecified atom stereocenters. The van der Waals surface area contributed by atoms with Crippen LogP contribution in [0.3, 0.4) is 0 Å². The van der Waals surface area contributed by atoms with Crippen LogP contribution in [0.2, 0.25) is 0 Å². The largest absolute Gasteiger partial charge is 0.497 e. The fourth-order valence-electron chi connectivity index (χ4n) is 4.68. The predicted octanol–water partition coefficient (Wildman–Crippen LogP) is 5.23. The molecule has 48 heavy (non-hydrogen) atoms. The fourth-order valence-corrected chi connectivity index (χ4v) is 6.67. The molecule has 4 rings (SSSR count). The lowest BCUT2D eigenvalue weighted by Gasteiger charge is -2.14. The van der Waals surface area contributed by atoms with Gasteiger partial charge in [0, 0.05) is 6.54 Å². The molecule has 2 heterocycles. The first-order chi connectivity index (χ1) is 23.1. The molecule has 0 aliphatic heterocycles. The van der Waals surface area contributed by atoms with Crippen LogP contribution in [0.1, 0.15) is 63.3 Å². The summed E-state index contributed by atoms with van der Waals surface area (Å²) >= 11 is 2.16. The molecule has 0 bridgehead atoms. The van der Waals surface area contributed by atoms with Crippen molar-refractivity contribution in [1.29, 1.82) is 0 Å². The molecule has 2 aromatic carbocycles. The summed E-state index contributed by atoms with van der Waals surface area (Å²) < 4.78 is 17.4. The zero-order valence-electron chi connectivity index (χ0n) is 27.5. The van der Waals surface area contributed by atoms with Crippen molar-refractivity contribution < 1.29 is 33.4 Å². The van der Waals surface area contributed by atoms with Crippen molar-refractivity contribution in [3.8, 4) is 5.75 Å². The lowest BCUT2D eigenvalue weighted by molar-refractivity contribution is -0.120. The van der Waals surface area contributed by atoms with Crippen molar-refractivity contribution in [2.75, 3.05) is 25.6 Å². The Hall–Kier alpha value is -4.69. The number of carbonyl (C=O) groups excluding carboxylic acids is 4. The average molecular weight is 694 g/mol. The van der Waals surface area contributed by atoms with Crippen LogP contribution in [0.5, 0.6) is 5.75 Å². The number of hydrogen-bond donors (Lipinski definition) is 2. The molecule has 254 valence electrons. The smallest absolute Gasteiger partial charge is 0.348 e. The van der Waals surface area contributed by atoms with Gasteiger partial charge in [-0.3, -0.25) is 9.59 Å². The second-order valence-electron chi connectivity index (χ2n) is 10.5. The molecular formula is C34H39N5O7S2. The van der Waals surface area contributed by atoms with Crippen LogP contribution >= 0.6 is 23.1 Å². The molecule has 0 radical (unpaired) electrons. The van der Waals surface area contributed by atoms with E-state index in [2.05, 4.69) is 20.8 Å². The molecule has 0 saturated heterocycles. The zero-order chi connectivity index (χ0) is 34.6. The van der Waals surface area contributed by atoms with E-state index in [0.29, 0.717) is 35.3 Å². The van der Waals surface area contributed by atoms with E-state index in [4.69, 9.17) is 14.2 Å². The van der Waals surface area contributed by atoms with E-state index in [9.17, 15) is 19.2 Å². The Bertz CT molecular complexity index is 1720. The lowest BCUT2D eigenvalue weighted by atomic mass is 10.1. The van der Waals surface area contributed by atoms with Crippen molar-refractivity contribution >= 4 is 51.9 Å². The van der Waals surface area contributed by atoms with Crippen LogP contribution in [0.4, 0.5) is 5.00 Å². The highest BCUT2D eigenvalue weighted by molar-refractivity contribution is 8.00. The number of anilines is 1. The Morgan fingerprint density at radius 2 is 1.62 bits per heavy atom. The number of ether oxygens (including phenoxy) is 3. The number of amides is 2. The topological polar surface area (TPSA) is 151 Å². The molecule has 0 spiro atoms. The van der Waals surface area contributed by atoms with E-state index in [1.807, 2.05) is 47.0 Å². The molecule has 2 N–H and O–H groups in total. The van der Waals surface area contributed by atoms with Gasteiger partial charge in [-0.2, -0.15) is 0 Å². The third-order valence-corrected chi connectivity index (χ3v) is 9.47. The van der Waals surface area contributed by atoms with E-state index < -0.39 is 23.1 Å². The van der Waals surface area contributed by atoms with Gasteiger partial charge < -0.3 is 29.4 Å². The maximum Gasteiger partial charge on any atom is 0.348 e. The Balaban J connectivity index is 1.50. The molecule has 1 atom stereocenters. The predicted molar refractivity (Wildman–Crippen MR) is 184 cm³/mol. The van der Waals surface area contributed by atoms with Gasteiger partial charge >= 0.3 is 11.9 Å². The number of aromatic nitrogens is 3. The molecule has 14 heteroatoms. The Kier molecular flexibility index (Phi) is 13.1. The van der Waals surface area contributed by atoms with E-state index >= 15 is 0 Å². The van der Waals surface area contributed by atoms with Gasteiger partial charge in [-0.15, -0.1) is 21.5 Å². The minimum Gasteiger partial charge on any atom is -0.497 e. The van der Waals surface area contributed by atoms with Gasteiger partial charge in [-0.25, -0.2) is 9.59 Å². The molecular weight excluding hydrogens is 655 g/mol. The number of benzene rings is 2. The van der Waals surface area contributed by atoms with E-state index in [-0.39, 0.29) is 47.5 Å². The standard InChI is InChI=1S/C34H39N5O7S2/c1-6-45-32(42)28-21(3)29(33(43)46-7-2)48-31(28)36-30(41)22(4)47-34-38-37-26(39(34)18-17-23-11-9-8-10-12-23)20-35-27(40)19-24-13-15-25(44-5)16-14-24/h8-16,22H,6-7,17-20H2,1-5H3,(H,35,40)(H,36,41)/t22-/m0/s1. The van der Waals surface area contributed by atoms with E-state index in [1.165, 1.54) is 11.8 Å². The SMILES string of the molecule is CCOC(=O)c1sc(NC(=O)[C@H](C)Sc2nnc(CNC(=O)Cc3ccc(OC)cc3)n2CCc2ccccc2)c(C(=O)OCC)c1C. The second-order valence-corrected chi connectivity index (χ2v) is 12.9. The quantitative estimate of drug-likeness (QED) is 0.118. The third kappa shape index (κ3) is 9.44. The van der Waals surface area contributed by atoms with Crippen LogP contribution in [-0.2, 0) is 45.0 Å². The molecule has 0 fully saturated rings. The van der Waals surface area contributed by atoms with Crippen LogP contribution in [0, 0.1) is 6.92 Å². The van der Waals surface area contributed by atoms with Crippen LogP contribution in [-0.4, -0.2) is 64.1 Å². The number of thioether (sulfide) groups is 1. The monoisotopic (exact) mass is 693 g/mol. The first-order valence-electron chi connectivity index (χ1n) is 15.5. The summed E-state index contributed by atoms with van der Waals surface area (Å²) in [4.78, 5) is 51.8. The van der Waals surface area contributed by atoms with Crippen LogP contribution < -0.4 is 15.4 Å². The Labute approximate surface area is 287 Å². The minimum atomic E-state index is -0.675. The maximum absolute atomic E-state index is 13.5. The Morgan fingerprint density at radius 1 is 0.938 bits per heavy atom. The van der Waals surface area contributed by atoms with Crippen molar-refractivity contribution in [2.24, 2.45) is 0 Å². The second kappa shape index (κ2) is 17.5. The van der Waals surface area contributed by atoms with Gasteiger partial charge in [-0.05, 0) is 62.9 Å². The molecule has 2 amide bonds. The van der Waals surface area contributed by atoms with Gasteiger partial charge in [-0.1, -0.05) is 54.2 Å². The fraction of sp³-hybridized carbons (Fsp3) is 0.353. The van der Waals surface area contributed by atoms with Crippen molar-refractivity contribution in [1.82, 2.24) is 20.1 Å². The van der Waals surface area contributed by atoms with Crippen LogP contribution in [0.25, 0.3) is 0 Å². The summed E-state index contributed by atoms with van der Waals surface area (Å²) in [6, 6.07) is 17.2. The molecule has 0 aliphatic rings. The summed E-state index contributed by atoms with van der Waals surface area (Å²) in [5, 5.41) is 14.5. The van der Waals surface area contributed by atoms with Crippen LogP contribution in [0.15, 0.2) is 59.8 Å². The lowest BCUT2D eigenvalue weighted by Crippen LogP contribution is -2.27. The number of nitrogens with one attached hydrogen (secondary N) is 2. The number of rotatable bonds is 16. The number of aryl methyl sites for hydroxylation is 1. The molecule has 0 saturated carbocycles. The third-order valence-electron chi connectivity index (χ3n) is 7.20. The van der Waals surface area contributed by atoms with Gasteiger partial charge in [0.2, 0.25) is 11.8 Å². The van der Waals surface area contributed by atoms with Gasteiger partial charge in [0.05, 0.1) is 44.1 Å². The van der Waals surface area contributed by atoms with Gasteiger partial charge in [0.25, 0.3) is 0 Å². The summed E-state index contributed by atoms with van der Waals surface area (Å²) in [5.74, 6) is -0.549. The molecule has 0 aliphatic carbocycles. The zero-order valence-corrected chi connectivity index (χ0v) is 29.2. The summed E-state index contributed by atoms with van der Waals surface area (Å²) in [5.41, 5.74) is 2.46. The maximum atomic E-state index is 13.5. The number of esters is 2.